The minimum atomic E-state index is -1.52. The standard InChI is InChI=1S/C29H46O7/c1-15(2)17(16(3)30)11-25(34)28(6,35)24-8-10-29(36)19-12-21(31)20-13-22(32)23(33)14-26(20,4)18(19)7-9-27(24,29)5/h12,16-18,20,22-25,30,32-36H,1,7-11,13-14H2,2-6H3/t16?,17?,18-,20-,22+,23-,24-,25+,26+,27+,28-,29+/m0/s1. The van der Waals surface area contributed by atoms with Crippen molar-refractivity contribution in [2.75, 3.05) is 0 Å². The first-order valence-corrected chi connectivity index (χ1v) is 13.6. The van der Waals surface area contributed by atoms with E-state index in [1.807, 2.05) is 13.8 Å². The van der Waals surface area contributed by atoms with Crippen LogP contribution in [0.5, 0.6) is 0 Å². The summed E-state index contributed by atoms with van der Waals surface area (Å²) < 4.78 is 0. The number of allylic oxidation sites excluding steroid dienone is 1. The third-order valence-corrected chi connectivity index (χ3v) is 11.2. The molecule has 0 radical (unpaired) electrons. The average Bonchev–Trinajstić information content (AvgIpc) is 3.05. The first-order valence-electron chi connectivity index (χ1n) is 13.6. The number of aliphatic hydroxyl groups is 6. The van der Waals surface area contributed by atoms with Gasteiger partial charge in [0.05, 0.1) is 35.6 Å². The zero-order valence-electron chi connectivity index (χ0n) is 22.4. The Morgan fingerprint density at radius 1 is 1.17 bits per heavy atom. The molecule has 36 heavy (non-hydrogen) atoms. The highest BCUT2D eigenvalue weighted by molar-refractivity contribution is 5.95. The van der Waals surface area contributed by atoms with Crippen molar-refractivity contribution in [2.24, 2.45) is 34.5 Å². The van der Waals surface area contributed by atoms with Gasteiger partial charge in [0.25, 0.3) is 0 Å². The van der Waals surface area contributed by atoms with Crippen LogP contribution in [0.25, 0.3) is 0 Å². The summed E-state index contributed by atoms with van der Waals surface area (Å²) in [4.78, 5) is 13.3. The summed E-state index contributed by atoms with van der Waals surface area (Å²) in [5, 5.41) is 66.2. The minimum Gasteiger partial charge on any atom is -0.393 e. The molecule has 0 amide bonds. The molecule has 204 valence electrons. The van der Waals surface area contributed by atoms with Crippen LogP contribution in [-0.4, -0.2) is 72.0 Å². The van der Waals surface area contributed by atoms with Crippen molar-refractivity contribution in [3.05, 3.63) is 23.8 Å². The Hall–Kier alpha value is -1.09. The summed E-state index contributed by atoms with van der Waals surface area (Å²) >= 11 is 0. The molecule has 4 aliphatic rings. The number of fused-ring (bicyclic) bond motifs is 5. The van der Waals surface area contributed by atoms with Crippen molar-refractivity contribution in [3.63, 3.8) is 0 Å². The van der Waals surface area contributed by atoms with E-state index in [1.54, 1.807) is 26.8 Å². The van der Waals surface area contributed by atoms with Crippen molar-refractivity contribution in [3.8, 4) is 0 Å². The van der Waals surface area contributed by atoms with Gasteiger partial charge in [-0.15, -0.1) is 0 Å². The number of ketones is 1. The Morgan fingerprint density at radius 3 is 2.39 bits per heavy atom. The zero-order chi connectivity index (χ0) is 27.0. The lowest BCUT2D eigenvalue weighted by Gasteiger charge is -2.60. The molecular formula is C29H46O7. The maximum absolute atomic E-state index is 13.3. The van der Waals surface area contributed by atoms with Gasteiger partial charge in [0.2, 0.25) is 0 Å². The highest BCUT2D eigenvalue weighted by atomic mass is 16.3. The van der Waals surface area contributed by atoms with Gasteiger partial charge < -0.3 is 30.6 Å². The average molecular weight is 507 g/mol. The van der Waals surface area contributed by atoms with Crippen molar-refractivity contribution < 1.29 is 35.4 Å². The van der Waals surface area contributed by atoms with Gasteiger partial charge in [-0.05, 0) is 94.6 Å². The third kappa shape index (κ3) is 3.88. The van der Waals surface area contributed by atoms with Crippen LogP contribution in [0.2, 0.25) is 0 Å². The van der Waals surface area contributed by atoms with Crippen molar-refractivity contribution in [2.45, 2.75) is 115 Å². The Balaban J connectivity index is 1.67. The number of rotatable bonds is 6. The maximum atomic E-state index is 13.3. The van der Waals surface area contributed by atoms with Crippen LogP contribution in [0, 0.1) is 34.5 Å². The second kappa shape index (κ2) is 8.99. The van der Waals surface area contributed by atoms with E-state index in [0.29, 0.717) is 37.7 Å². The quantitative estimate of drug-likeness (QED) is 0.304. The first kappa shape index (κ1) is 27.9. The highest BCUT2D eigenvalue weighted by Gasteiger charge is 2.69. The fourth-order valence-corrected chi connectivity index (χ4v) is 8.83. The van der Waals surface area contributed by atoms with Crippen LogP contribution in [0.4, 0.5) is 0 Å². The molecule has 3 saturated carbocycles. The molecule has 7 heteroatoms. The summed E-state index contributed by atoms with van der Waals surface area (Å²) in [7, 11) is 0. The molecule has 4 aliphatic carbocycles. The second-order valence-corrected chi connectivity index (χ2v) is 13.3. The van der Waals surface area contributed by atoms with Gasteiger partial charge >= 0.3 is 0 Å². The molecular weight excluding hydrogens is 460 g/mol. The smallest absolute Gasteiger partial charge is 0.159 e. The van der Waals surface area contributed by atoms with Crippen LogP contribution in [0.3, 0.4) is 0 Å². The van der Waals surface area contributed by atoms with Gasteiger partial charge in [0.15, 0.2) is 5.78 Å². The molecule has 0 aromatic rings. The lowest BCUT2D eigenvalue weighted by molar-refractivity contribution is -0.177. The van der Waals surface area contributed by atoms with Crippen molar-refractivity contribution in [1.29, 1.82) is 0 Å². The lowest BCUT2D eigenvalue weighted by atomic mass is 9.45. The predicted octanol–water partition coefficient (Wildman–Crippen LogP) is 2.27. The number of hydrogen-bond donors (Lipinski definition) is 6. The molecule has 6 N–H and O–H groups in total. The van der Waals surface area contributed by atoms with Gasteiger partial charge in [-0.2, -0.15) is 0 Å². The van der Waals surface area contributed by atoms with Gasteiger partial charge in [0.1, 0.15) is 0 Å². The fraction of sp³-hybridized carbons (Fsp3) is 0.828. The van der Waals surface area contributed by atoms with E-state index in [2.05, 4.69) is 6.58 Å². The Morgan fingerprint density at radius 2 is 1.81 bits per heavy atom. The monoisotopic (exact) mass is 506 g/mol. The topological polar surface area (TPSA) is 138 Å². The molecule has 0 bridgehead atoms. The van der Waals surface area contributed by atoms with Crippen LogP contribution in [0.1, 0.15) is 79.6 Å². The van der Waals surface area contributed by atoms with E-state index in [4.69, 9.17) is 0 Å². The molecule has 0 saturated heterocycles. The predicted molar refractivity (Wildman–Crippen MR) is 136 cm³/mol. The van der Waals surface area contributed by atoms with Gasteiger partial charge in [-0.1, -0.05) is 26.0 Å². The number of aliphatic hydroxyl groups excluding tert-OH is 4. The van der Waals surface area contributed by atoms with E-state index in [9.17, 15) is 35.4 Å². The number of carbonyl (C=O) groups excluding carboxylic acids is 1. The molecule has 0 aromatic carbocycles. The zero-order valence-corrected chi connectivity index (χ0v) is 22.4. The highest BCUT2D eigenvalue weighted by Crippen LogP contribution is 2.68. The number of hydrogen-bond acceptors (Lipinski definition) is 7. The first-order chi connectivity index (χ1) is 16.5. The SMILES string of the molecule is C=C(C)C(C[C@@H](O)[C@@](C)(O)[C@H]1CC[C@@]2(O)C3=CC(=O)[C@@H]4C[C@@H](O)[C@@H](O)C[C@]4(C)[C@H]3CC[C@]12C)C(C)O. The van der Waals surface area contributed by atoms with Crippen molar-refractivity contribution in [1.82, 2.24) is 0 Å². The van der Waals surface area contributed by atoms with Gasteiger partial charge in [-0.25, -0.2) is 0 Å². The Labute approximate surface area is 214 Å². The molecule has 3 fully saturated rings. The Bertz CT molecular complexity index is 940. The largest absolute Gasteiger partial charge is 0.393 e. The summed E-state index contributed by atoms with van der Waals surface area (Å²) in [6.45, 7) is 13.0. The molecule has 2 unspecified atom stereocenters. The van der Waals surface area contributed by atoms with Gasteiger partial charge in [0, 0.05) is 17.3 Å². The Kier molecular flexibility index (Phi) is 6.98. The summed E-state index contributed by atoms with van der Waals surface area (Å²) in [5.41, 5.74) is -2.72. The third-order valence-electron chi connectivity index (χ3n) is 11.2. The van der Waals surface area contributed by atoms with E-state index in [1.165, 1.54) is 0 Å². The van der Waals surface area contributed by atoms with Crippen LogP contribution < -0.4 is 0 Å². The molecule has 0 heterocycles. The second-order valence-electron chi connectivity index (χ2n) is 13.3. The number of carbonyl (C=O) groups is 1. The molecule has 7 nitrogen and oxygen atoms in total. The van der Waals surface area contributed by atoms with E-state index < -0.39 is 52.4 Å². The van der Waals surface area contributed by atoms with Gasteiger partial charge in [-0.3, -0.25) is 4.79 Å². The lowest BCUT2D eigenvalue weighted by Crippen LogP contribution is -2.63. The summed E-state index contributed by atoms with van der Waals surface area (Å²) in [6, 6.07) is 0. The summed E-state index contributed by atoms with van der Waals surface area (Å²) in [6.07, 6.45) is 0.788. The van der Waals surface area contributed by atoms with Crippen LogP contribution in [0.15, 0.2) is 23.8 Å². The molecule has 0 aromatic heterocycles. The molecule has 0 spiro atoms. The van der Waals surface area contributed by atoms with E-state index in [-0.39, 0.29) is 36.4 Å². The minimum absolute atomic E-state index is 0.0999. The van der Waals surface area contributed by atoms with Crippen LogP contribution >= 0.6 is 0 Å². The van der Waals surface area contributed by atoms with Crippen LogP contribution in [-0.2, 0) is 4.79 Å². The molecule has 12 atom stereocenters. The fourth-order valence-electron chi connectivity index (χ4n) is 8.83. The normalized spacial score (nSPS) is 46.5. The maximum Gasteiger partial charge on any atom is 0.159 e. The van der Waals surface area contributed by atoms with E-state index >= 15 is 0 Å². The summed E-state index contributed by atoms with van der Waals surface area (Å²) in [5.74, 6) is -1.38. The van der Waals surface area contributed by atoms with E-state index in [0.717, 1.165) is 5.57 Å². The molecule has 4 rings (SSSR count). The molecule has 0 aliphatic heterocycles. The van der Waals surface area contributed by atoms with Crippen molar-refractivity contribution >= 4 is 5.78 Å².